The first-order valence-corrected chi connectivity index (χ1v) is 8.80. The smallest absolute Gasteiger partial charge is 0.339 e. The summed E-state index contributed by atoms with van der Waals surface area (Å²) in [6, 6.07) is 8.78. The van der Waals surface area contributed by atoms with Crippen LogP contribution in [0.4, 0.5) is 0 Å². The number of nitrogens with zero attached hydrogens (tertiary/aromatic N) is 1. The second-order valence-corrected chi connectivity index (χ2v) is 7.55. The summed E-state index contributed by atoms with van der Waals surface area (Å²) in [6.07, 6.45) is 0.864. The normalized spacial score (nSPS) is 15.5. The van der Waals surface area contributed by atoms with Gasteiger partial charge in [-0.15, -0.1) is 0 Å². The lowest BCUT2D eigenvalue weighted by atomic mass is 9.74. The Bertz CT molecular complexity index is 936. The zero-order valence-electron chi connectivity index (χ0n) is 15.6. The summed E-state index contributed by atoms with van der Waals surface area (Å²) >= 11 is 0. The first-order valence-electron chi connectivity index (χ1n) is 8.80. The summed E-state index contributed by atoms with van der Waals surface area (Å²) in [5, 5.41) is 0. The molecule has 1 aromatic carbocycles. The molecule has 1 heterocycles. The lowest BCUT2D eigenvalue weighted by molar-refractivity contribution is 0.0520. The second-order valence-electron chi connectivity index (χ2n) is 7.55. The minimum Gasteiger partial charge on any atom is -0.462 e. The Labute approximate surface area is 152 Å². The minimum absolute atomic E-state index is 0.0794. The van der Waals surface area contributed by atoms with E-state index >= 15 is 0 Å². The van der Waals surface area contributed by atoms with Crippen LogP contribution in [-0.4, -0.2) is 22.9 Å². The highest BCUT2D eigenvalue weighted by Gasteiger charge is 2.36. The Morgan fingerprint density at radius 3 is 2.42 bits per heavy atom. The van der Waals surface area contributed by atoms with Crippen molar-refractivity contribution in [1.29, 1.82) is 0 Å². The van der Waals surface area contributed by atoms with Crippen LogP contribution in [0.3, 0.4) is 0 Å². The number of aromatic nitrogens is 1. The molecule has 0 aliphatic heterocycles. The SMILES string of the molecule is CCOC(=O)c1cc(=O)n(-c2ccc(C)cc2)c2c1C(=O)CC(C)(C)C2. The fourth-order valence-corrected chi connectivity index (χ4v) is 3.52. The van der Waals surface area contributed by atoms with Crippen molar-refractivity contribution >= 4 is 11.8 Å². The van der Waals surface area contributed by atoms with E-state index in [1.807, 2.05) is 45.0 Å². The minimum atomic E-state index is -0.620. The summed E-state index contributed by atoms with van der Waals surface area (Å²) < 4.78 is 6.62. The first kappa shape index (κ1) is 18.1. The van der Waals surface area contributed by atoms with Gasteiger partial charge in [0.25, 0.3) is 5.56 Å². The maximum atomic E-state index is 12.9. The number of fused-ring (bicyclic) bond motifs is 1. The van der Waals surface area contributed by atoms with E-state index in [1.165, 1.54) is 6.07 Å². The number of aryl methyl sites for hydroxylation is 1. The van der Waals surface area contributed by atoms with Crippen LogP contribution < -0.4 is 5.56 Å². The number of hydrogen-bond acceptors (Lipinski definition) is 4. The Hall–Kier alpha value is -2.69. The molecular weight excluding hydrogens is 330 g/mol. The van der Waals surface area contributed by atoms with Crippen molar-refractivity contribution in [2.75, 3.05) is 6.61 Å². The third-order valence-corrected chi connectivity index (χ3v) is 4.67. The zero-order valence-corrected chi connectivity index (χ0v) is 15.6. The maximum Gasteiger partial charge on any atom is 0.339 e. The molecule has 0 saturated carbocycles. The van der Waals surface area contributed by atoms with Crippen LogP contribution in [0, 0.1) is 12.3 Å². The summed E-state index contributed by atoms with van der Waals surface area (Å²) in [4.78, 5) is 38.1. The highest BCUT2D eigenvalue weighted by molar-refractivity contribution is 6.08. The molecule has 3 rings (SSSR count). The van der Waals surface area contributed by atoms with Crippen LogP contribution in [-0.2, 0) is 11.2 Å². The van der Waals surface area contributed by atoms with Gasteiger partial charge in [-0.2, -0.15) is 0 Å². The number of rotatable bonds is 3. The second kappa shape index (κ2) is 6.56. The van der Waals surface area contributed by atoms with Crippen molar-refractivity contribution in [2.45, 2.75) is 40.5 Å². The van der Waals surface area contributed by atoms with Gasteiger partial charge >= 0.3 is 5.97 Å². The molecule has 0 atom stereocenters. The number of esters is 1. The van der Waals surface area contributed by atoms with E-state index in [4.69, 9.17) is 4.74 Å². The number of carbonyl (C=O) groups is 2. The maximum absolute atomic E-state index is 12.9. The predicted octanol–water partition coefficient (Wildman–Crippen LogP) is 3.48. The quantitative estimate of drug-likeness (QED) is 0.793. The molecule has 1 aliphatic rings. The topological polar surface area (TPSA) is 65.4 Å². The largest absolute Gasteiger partial charge is 0.462 e. The lowest BCUT2D eigenvalue weighted by Crippen LogP contribution is -2.36. The zero-order chi connectivity index (χ0) is 19.1. The number of ether oxygens (including phenoxy) is 1. The number of benzene rings is 1. The van der Waals surface area contributed by atoms with Gasteiger partial charge < -0.3 is 4.74 Å². The number of pyridine rings is 1. The standard InChI is InChI=1S/C21H23NO4/c1-5-26-20(25)15-10-18(24)22(14-8-6-13(2)7-9-14)16-11-21(3,4)12-17(23)19(15)16/h6-10H,5,11-12H2,1-4H3. The molecule has 0 spiro atoms. The van der Waals surface area contributed by atoms with Crippen LogP contribution in [0.15, 0.2) is 35.1 Å². The van der Waals surface area contributed by atoms with Gasteiger partial charge in [0.1, 0.15) is 0 Å². The summed E-state index contributed by atoms with van der Waals surface area (Å²) in [5.41, 5.74) is 2.15. The van der Waals surface area contributed by atoms with E-state index in [-0.39, 0.29) is 28.9 Å². The van der Waals surface area contributed by atoms with Gasteiger partial charge in [-0.1, -0.05) is 31.5 Å². The van der Waals surface area contributed by atoms with Crippen molar-refractivity contribution in [1.82, 2.24) is 4.57 Å². The highest BCUT2D eigenvalue weighted by atomic mass is 16.5. The molecule has 0 bridgehead atoms. The Morgan fingerprint density at radius 1 is 1.15 bits per heavy atom. The number of ketones is 1. The van der Waals surface area contributed by atoms with E-state index in [9.17, 15) is 14.4 Å². The molecule has 0 amide bonds. The average Bonchev–Trinajstić information content (AvgIpc) is 2.54. The summed E-state index contributed by atoms with van der Waals surface area (Å²) in [5.74, 6) is -0.745. The van der Waals surface area contributed by atoms with Crippen molar-refractivity contribution in [3.8, 4) is 5.69 Å². The average molecular weight is 353 g/mol. The number of Topliss-reactive ketones (excluding diaryl/α,β-unsaturated/α-hetero) is 1. The summed E-state index contributed by atoms with van der Waals surface area (Å²) in [6.45, 7) is 7.85. The lowest BCUT2D eigenvalue weighted by Gasteiger charge is -2.32. The van der Waals surface area contributed by atoms with Gasteiger partial charge in [0, 0.05) is 23.9 Å². The molecule has 5 nitrogen and oxygen atoms in total. The molecule has 0 fully saturated rings. The molecule has 2 aromatic rings. The highest BCUT2D eigenvalue weighted by Crippen LogP contribution is 2.36. The molecule has 5 heteroatoms. The van der Waals surface area contributed by atoms with Crippen LogP contribution in [0.2, 0.25) is 0 Å². The van der Waals surface area contributed by atoms with E-state index in [2.05, 4.69) is 0 Å². The molecule has 136 valence electrons. The van der Waals surface area contributed by atoms with Crippen LogP contribution in [0.25, 0.3) is 5.69 Å². The molecule has 1 aromatic heterocycles. The van der Waals surface area contributed by atoms with Crippen molar-refractivity contribution < 1.29 is 14.3 Å². The third-order valence-electron chi connectivity index (χ3n) is 4.67. The molecule has 0 unspecified atom stereocenters. The van der Waals surface area contributed by atoms with E-state index in [0.717, 1.165) is 5.56 Å². The van der Waals surface area contributed by atoms with Gasteiger partial charge in [-0.05, 0) is 37.8 Å². The monoisotopic (exact) mass is 353 g/mol. The van der Waals surface area contributed by atoms with Gasteiger partial charge in [-0.25, -0.2) is 4.79 Å². The van der Waals surface area contributed by atoms with E-state index in [1.54, 1.807) is 11.5 Å². The van der Waals surface area contributed by atoms with Gasteiger partial charge in [-0.3, -0.25) is 14.2 Å². The Balaban J connectivity index is 2.32. The van der Waals surface area contributed by atoms with Gasteiger partial charge in [0.2, 0.25) is 0 Å². The Kier molecular flexibility index (Phi) is 4.57. The fourth-order valence-electron chi connectivity index (χ4n) is 3.52. The molecule has 1 aliphatic carbocycles. The van der Waals surface area contributed by atoms with Crippen molar-refractivity contribution in [3.63, 3.8) is 0 Å². The molecular formula is C21H23NO4. The summed E-state index contributed by atoms with van der Waals surface area (Å²) in [7, 11) is 0. The van der Waals surface area contributed by atoms with Gasteiger partial charge in [0.05, 0.1) is 17.7 Å². The van der Waals surface area contributed by atoms with E-state index in [0.29, 0.717) is 29.8 Å². The third kappa shape index (κ3) is 3.21. The predicted molar refractivity (Wildman–Crippen MR) is 99.2 cm³/mol. The number of carbonyl (C=O) groups excluding carboxylic acids is 2. The molecule has 0 saturated heterocycles. The van der Waals surface area contributed by atoms with Crippen LogP contribution in [0.5, 0.6) is 0 Å². The molecule has 0 N–H and O–H groups in total. The van der Waals surface area contributed by atoms with Crippen molar-refractivity contribution in [3.05, 3.63) is 63.1 Å². The van der Waals surface area contributed by atoms with Crippen LogP contribution in [0.1, 0.15) is 59.2 Å². The Morgan fingerprint density at radius 2 is 1.81 bits per heavy atom. The number of hydrogen-bond donors (Lipinski definition) is 0. The first-order chi connectivity index (χ1) is 12.2. The molecule has 26 heavy (non-hydrogen) atoms. The van der Waals surface area contributed by atoms with Crippen LogP contribution >= 0.6 is 0 Å². The van der Waals surface area contributed by atoms with Gasteiger partial charge in [0.15, 0.2) is 5.78 Å². The van der Waals surface area contributed by atoms with Crippen molar-refractivity contribution in [2.24, 2.45) is 5.41 Å². The fraction of sp³-hybridized carbons (Fsp3) is 0.381. The van der Waals surface area contributed by atoms with E-state index < -0.39 is 5.97 Å². The molecule has 0 radical (unpaired) electrons.